The van der Waals surface area contributed by atoms with Crippen LogP contribution in [0.4, 0.5) is 5.69 Å². The van der Waals surface area contributed by atoms with Crippen molar-refractivity contribution >= 4 is 5.69 Å². The summed E-state index contributed by atoms with van der Waals surface area (Å²) in [5.74, 6) is 1.71. The maximum atomic E-state index is 5.51. The van der Waals surface area contributed by atoms with Gasteiger partial charge in [0.1, 0.15) is 11.5 Å². The molecule has 1 aromatic carbocycles. The van der Waals surface area contributed by atoms with Crippen LogP contribution in [0.15, 0.2) is 18.2 Å². The van der Waals surface area contributed by atoms with E-state index in [0.29, 0.717) is 6.04 Å². The Morgan fingerprint density at radius 1 is 1.21 bits per heavy atom. The van der Waals surface area contributed by atoms with E-state index >= 15 is 0 Å². The van der Waals surface area contributed by atoms with Crippen LogP contribution in [0.2, 0.25) is 0 Å². The molecule has 0 saturated carbocycles. The average Bonchev–Trinajstić information content (AvgIpc) is 2.42. The summed E-state index contributed by atoms with van der Waals surface area (Å²) in [7, 11) is 3.39. The molecule has 1 saturated heterocycles. The lowest BCUT2D eigenvalue weighted by atomic mass is 10.1. The lowest BCUT2D eigenvalue weighted by Crippen LogP contribution is -2.42. The van der Waals surface area contributed by atoms with Gasteiger partial charge in [0.15, 0.2) is 0 Å². The van der Waals surface area contributed by atoms with E-state index in [1.165, 1.54) is 12.8 Å². The molecule has 1 N–H and O–H groups in total. The zero-order chi connectivity index (χ0) is 13.7. The number of nitrogens with zero attached hydrogens (tertiary/aromatic N) is 1. The predicted molar refractivity (Wildman–Crippen MR) is 78.5 cm³/mol. The van der Waals surface area contributed by atoms with Gasteiger partial charge in [0.05, 0.1) is 19.9 Å². The van der Waals surface area contributed by atoms with Crippen LogP contribution in [0.3, 0.4) is 0 Å². The van der Waals surface area contributed by atoms with Crippen molar-refractivity contribution in [1.82, 2.24) is 5.32 Å². The third-order valence-corrected chi connectivity index (χ3v) is 3.57. The van der Waals surface area contributed by atoms with Gasteiger partial charge in [0, 0.05) is 25.2 Å². The van der Waals surface area contributed by atoms with Gasteiger partial charge < -0.3 is 19.7 Å². The highest BCUT2D eigenvalue weighted by Crippen LogP contribution is 2.32. The number of nitrogens with one attached hydrogen (secondary N) is 1. The van der Waals surface area contributed by atoms with E-state index in [9.17, 15) is 0 Å². The molecule has 1 aliphatic heterocycles. The summed E-state index contributed by atoms with van der Waals surface area (Å²) in [4.78, 5) is 2.40. The lowest BCUT2D eigenvalue weighted by molar-refractivity contribution is 0.392. The normalized spacial score (nSPS) is 20.6. The van der Waals surface area contributed by atoms with Gasteiger partial charge in [-0.15, -0.1) is 0 Å². The fourth-order valence-corrected chi connectivity index (χ4v) is 2.53. The minimum absolute atomic E-state index is 0.493. The summed E-state index contributed by atoms with van der Waals surface area (Å²) in [5, 5.41) is 3.54. The van der Waals surface area contributed by atoms with Crippen LogP contribution in [-0.2, 0) is 0 Å². The molecule has 1 aliphatic rings. The van der Waals surface area contributed by atoms with Crippen LogP contribution in [0.25, 0.3) is 0 Å². The zero-order valence-corrected chi connectivity index (χ0v) is 12.1. The Morgan fingerprint density at radius 2 is 2.05 bits per heavy atom. The standard InChI is InChI=1S/C15H24N2O2/c1-12-11-17(9-5-4-8-16-12)14-7-6-13(18-2)10-15(14)19-3/h6-7,10,12,16H,4-5,8-9,11H2,1-3H3. The molecule has 0 amide bonds. The van der Waals surface area contributed by atoms with Crippen LogP contribution in [0.5, 0.6) is 11.5 Å². The summed E-state index contributed by atoms with van der Waals surface area (Å²) in [5.41, 5.74) is 1.15. The highest BCUT2D eigenvalue weighted by molar-refractivity contribution is 5.61. The first-order chi connectivity index (χ1) is 9.24. The first-order valence-corrected chi connectivity index (χ1v) is 6.95. The minimum Gasteiger partial charge on any atom is -0.497 e. The molecule has 1 atom stereocenters. The van der Waals surface area contributed by atoms with E-state index in [1.54, 1.807) is 14.2 Å². The molecule has 0 aromatic heterocycles. The summed E-state index contributed by atoms with van der Waals surface area (Å²) in [6.07, 6.45) is 2.42. The fourth-order valence-electron chi connectivity index (χ4n) is 2.53. The van der Waals surface area contributed by atoms with Crippen LogP contribution in [0, 0.1) is 0 Å². The van der Waals surface area contributed by atoms with Gasteiger partial charge in [-0.25, -0.2) is 0 Å². The average molecular weight is 264 g/mol. The summed E-state index contributed by atoms with van der Waals surface area (Å²) < 4.78 is 10.8. The summed E-state index contributed by atoms with van der Waals surface area (Å²) in [6.45, 7) is 5.43. The molecular weight excluding hydrogens is 240 g/mol. The van der Waals surface area contributed by atoms with Crippen molar-refractivity contribution in [2.75, 3.05) is 38.8 Å². The Bertz CT molecular complexity index is 409. The second-order valence-corrected chi connectivity index (χ2v) is 5.05. The minimum atomic E-state index is 0.493. The number of hydrogen-bond donors (Lipinski definition) is 1. The predicted octanol–water partition coefficient (Wildman–Crippen LogP) is 2.28. The van der Waals surface area contributed by atoms with E-state index in [-0.39, 0.29) is 0 Å². The zero-order valence-electron chi connectivity index (χ0n) is 12.1. The Labute approximate surface area is 115 Å². The van der Waals surface area contributed by atoms with Gasteiger partial charge in [-0.05, 0) is 38.4 Å². The smallest absolute Gasteiger partial charge is 0.145 e. The van der Waals surface area contributed by atoms with Crippen LogP contribution >= 0.6 is 0 Å². The topological polar surface area (TPSA) is 33.7 Å². The van der Waals surface area contributed by atoms with Gasteiger partial charge in [-0.3, -0.25) is 0 Å². The molecule has 0 radical (unpaired) electrons. The number of methoxy groups -OCH3 is 2. The second kappa shape index (κ2) is 6.66. The molecule has 1 unspecified atom stereocenters. The summed E-state index contributed by atoms with van der Waals surface area (Å²) in [6, 6.07) is 6.53. The molecule has 4 heteroatoms. The highest BCUT2D eigenvalue weighted by Gasteiger charge is 2.17. The van der Waals surface area contributed by atoms with Gasteiger partial charge in [0.25, 0.3) is 0 Å². The molecule has 2 rings (SSSR count). The Balaban J connectivity index is 2.22. The number of benzene rings is 1. The molecular formula is C15H24N2O2. The van der Waals surface area contributed by atoms with Crippen molar-refractivity contribution in [1.29, 1.82) is 0 Å². The Hall–Kier alpha value is -1.42. The number of ether oxygens (including phenoxy) is 2. The number of rotatable bonds is 3. The molecule has 0 aliphatic carbocycles. The first-order valence-electron chi connectivity index (χ1n) is 6.95. The number of hydrogen-bond acceptors (Lipinski definition) is 4. The molecule has 0 bridgehead atoms. The van der Waals surface area contributed by atoms with Gasteiger partial charge in [0.2, 0.25) is 0 Å². The van der Waals surface area contributed by atoms with Crippen molar-refractivity contribution in [2.24, 2.45) is 0 Å². The number of anilines is 1. The van der Waals surface area contributed by atoms with Crippen LogP contribution < -0.4 is 19.7 Å². The van der Waals surface area contributed by atoms with Crippen LogP contribution in [0.1, 0.15) is 19.8 Å². The summed E-state index contributed by atoms with van der Waals surface area (Å²) >= 11 is 0. The van der Waals surface area contributed by atoms with Gasteiger partial charge >= 0.3 is 0 Å². The van der Waals surface area contributed by atoms with Gasteiger partial charge in [-0.1, -0.05) is 0 Å². The largest absolute Gasteiger partial charge is 0.497 e. The molecule has 1 heterocycles. The third kappa shape index (κ3) is 3.53. The second-order valence-electron chi connectivity index (χ2n) is 5.05. The van der Waals surface area contributed by atoms with Crippen LogP contribution in [-0.4, -0.2) is 39.9 Å². The van der Waals surface area contributed by atoms with Gasteiger partial charge in [-0.2, -0.15) is 0 Å². The Kier molecular flexibility index (Phi) is 4.91. The molecule has 1 fully saturated rings. The van der Waals surface area contributed by atoms with E-state index in [4.69, 9.17) is 9.47 Å². The molecule has 19 heavy (non-hydrogen) atoms. The highest BCUT2D eigenvalue weighted by atomic mass is 16.5. The maximum Gasteiger partial charge on any atom is 0.145 e. The van der Waals surface area contributed by atoms with Crippen molar-refractivity contribution in [3.05, 3.63) is 18.2 Å². The van der Waals surface area contributed by atoms with E-state index in [2.05, 4.69) is 23.2 Å². The third-order valence-electron chi connectivity index (χ3n) is 3.57. The molecule has 106 valence electrons. The SMILES string of the molecule is COc1ccc(N2CCCCNC(C)C2)c(OC)c1. The molecule has 0 spiro atoms. The maximum absolute atomic E-state index is 5.51. The molecule has 1 aromatic rings. The van der Waals surface area contributed by atoms with Crippen molar-refractivity contribution in [3.8, 4) is 11.5 Å². The first kappa shape index (κ1) is 14.0. The van der Waals surface area contributed by atoms with E-state index in [1.807, 2.05) is 12.1 Å². The molecule has 4 nitrogen and oxygen atoms in total. The Morgan fingerprint density at radius 3 is 2.79 bits per heavy atom. The lowest BCUT2D eigenvalue weighted by Gasteiger charge is -2.31. The van der Waals surface area contributed by atoms with Crippen molar-refractivity contribution in [3.63, 3.8) is 0 Å². The van der Waals surface area contributed by atoms with E-state index < -0.39 is 0 Å². The fraction of sp³-hybridized carbons (Fsp3) is 0.600. The van der Waals surface area contributed by atoms with E-state index in [0.717, 1.165) is 36.8 Å². The van der Waals surface area contributed by atoms with Crippen molar-refractivity contribution in [2.45, 2.75) is 25.8 Å². The quantitative estimate of drug-likeness (QED) is 0.908. The monoisotopic (exact) mass is 264 g/mol. The van der Waals surface area contributed by atoms with Crippen molar-refractivity contribution < 1.29 is 9.47 Å².